The van der Waals surface area contributed by atoms with Crippen molar-refractivity contribution in [1.82, 2.24) is 4.98 Å². The van der Waals surface area contributed by atoms with Gasteiger partial charge in [-0.25, -0.2) is 4.79 Å². The van der Waals surface area contributed by atoms with Crippen molar-refractivity contribution in [1.29, 1.82) is 5.26 Å². The Morgan fingerprint density at radius 2 is 2.12 bits per heavy atom. The van der Waals surface area contributed by atoms with Crippen molar-refractivity contribution >= 4 is 28.2 Å². The number of aryl methyl sites for hydroxylation is 1. The van der Waals surface area contributed by atoms with Crippen LogP contribution in [0.4, 0.5) is 5.00 Å². The first-order chi connectivity index (χ1) is 12.6. The van der Waals surface area contributed by atoms with Gasteiger partial charge in [-0.05, 0) is 43.4 Å². The van der Waals surface area contributed by atoms with E-state index in [0.717, 1.165) is 42.5 Å². The minimum absolute atomic E-state index is 0.166. The lowest BCUT2D eigenvalue weighted by Crippen LogP contribution is -2.24. The van der Waals surface area contributed by atoms with Crippen LogP contribution in [0.1, 0.15) is 45.6 Å². The molecular weight excluding hydrogens is 354 g/mol. The van der Waals surface area contributed by atoms with Crippen LogP contribution in [0.25, 0.3) is 0 Å². The van der Waals surface area contributed by atoms with Gasteiger partial charge in [0, 0.05) is 11.1 Å². The Kier molecular flexibility index (Phi) is 5.49. The quantitative estimate of drug-likeness (QED) is 0.633. The lowest BCUT2D eigenvalue weighted by Gasteiger charge is -2.05. The number of aromatic amines is 1. The molecule has 1 aliphatic carbocycles. The Labute approximate surface area is 153 Å². The highest BCUT2D eigenvalue weighted by Gasteiger charge is 2.21. The third-order valence-electron chi connectivity index (χ3n) is 4.16. The molecule has 0 aromatic carbocycles. The van der Waals surface area contributed by atoms with Gasteiger partial charge in [-0.1, -0.05) is 6.42 Å². The Hall–Kier alpha value is -2.92. The summed E-state index contributed by atoms with van der Waals surface area (Å²) in [6, 6.07) is 5.00. The fourth-order valence-electron chi connectivity index (χ4n) is 2.90. The molecule has 0 spiro atoms. The van der Waals surface area contributed by atoms with Gasteiger partial charge in [0.1, 0.15) is 16.6 Å². The van der Waals surface area contributed by atoms with Crippen LogP contribution in [0.15, 0.2) is 23.1 Å². The van der Waals surface area contributed by atoms with E-state index in [1.165, 1.54) is 29.7 Å². The van der Waals surface area contributed by atoms with Crippen molar-refractivity contribution in [2.24, 2.45) is 0 Å². The highest BCUT2D eigenvalue weighted by molar-refractivity contribution is 7.16. The molecule has 0 fully saturated rings. The Bertz CT molecular complexity index is 939. The number of nitrogens with zero attached hydrogens (tertiary/aromatic N) is 1. The zero-order valence-corrected chi connectivity index (χ0v) is 14.8. The van der Waals surface area contributed by atoms with E-state index in [2.05, 4.69) is 16.4 Å². The average Bonchev–Trinajstić information content (AvgIpc) is 2.79. The highest BCUT2D eigenvalue weighted by Crippen LogP contribution is 2.36. The standard InChI is InChI=1S/C18H17N3O4S/c19-9-13-11-5-2-1-3-7-14(11)26-17(13)21-15(22)10-25-18(24)12-6-4-8-20-16(12)23/h4,6,8H,1-3,5,7,10H2,(H,20,23)(H,21,22). The number of thiophene rings is 1. The number of pyridine rings is 1. The predicted octanol–water partition coefficient (Wildman–Crippen LogP) is 2.37. The number of carbonyl (C=O) groups is 2. The second-order valence-corrected chi connectivity index (χ2v) is 7.02. The summed E-state index contributed by atoms with van der Waals surface area (Å²) >= 11 is 1.41. The van der Waals surface area contributed by atoms with Gasteiger partial charge >= 0.3 is 5.97 Å². The van der Waals surface area contributed by atoms with Crippen molar-refractivity contribution in [3.63, 3.8) is 0 Å². The van der Waals surface area contributed by atoms with Crippen molar-refractivity contribution in [2.75, 3.05) is 11.9 Å². The fraction of sp³-hybridized carbons (Fsp3) is 0.333. The molecular formula is C18H17N3O4S. The van der Waals surface area contributed by atoms with Gasteiger partial charge in [-0.2, -0.15) is 5.26 Å². The zero-order valence-electron chi connectivity index (χ0n) is 14.0. The minimum Gasteiger partial charge on any atom is -0.452 e. The Morgan fingerprint density at radius 1 is 1.31 bits per heavy atom. The summed E-state index contributed by atoms with van der Waals surface area (Å²) in [7, 11) is 0. The third-order valence-corrected chi connectivity index (χ3v) is 5.37. The van der Waals surface area contributed by atoms with Crippen molar-refractivity contribution in [3.8, 4) is 6.07 Å². The Balaban J connectivity index is 1.66. The first kappa shape index (κ1) is 17.9. The lowest BCUT2D eigenvalue weighted by atomic mass is 10.1. The number of hydrogen-bond donors (Lipinski definition) is 2. The molecule has 0 saturated heterocycles. The monoisotopic (exact) mass is 371 g/mol. The number of anilines is 1. The van der Waals surface area contributed by atoms with Gasteiger partial charge in [0.15, 0.2) is 6.61 Å². The molecule has 7 nitrogen and oxygen atoms in total. The number of nitrogens with one attached hydrogen (secondary N) is 2. The summed E-state index contributed by atoms with van der Waals surface area (Å²) in [4.78, 5) is 39.0. The van der Waals surface area contributed by atoms with Crippen LogP contribution in [0.3, 0.4) is 0 Å². The van der Waals surface area contributed by atoms with Gasteiger partial charge in [0.25, 0.3) is 11.5 Å². The second kappa shape index (κ2) is 7.97. The molecule has 0 radical (unpaired) electrons. The number of rotatable bonds is 4. The molecule has 2 N–H and O–H groups in total. The van der Waals surface area contributed by atoms with Crippen LogP contribution in [0.5, 0.6) is 0 Å². The lowest BCUT2D eigenvalue weighted by molar-refractivity contribution is -0.119. The van der Waals surface area contributed by atoms with Crippen LogP contribution < -0.4 is 10.9 Å². The van der Waals surface area contributed by atoms with Crippen LogP contribution in [0, 0.1) is 11.3 Å². The van der Waals surface area contributed by atoms with Crippen LogP contribution in [-0.2, 0) is 22.4 Å². The van der Waals surface area contributed by atoms with E-state index in [-0.39, 0.29) is 5.56 Å². The van der Waals surface area contributed by atoms with E-state index in [4.69, 9.17) is 4.74 Å². The number of amides is 1. The van der Waals surface area contributed by atoms with E-state index in [9.17, 15) is 19.6 Å². The number of hydrogen-bond acceptors (Lipinski definition) is 6. The van der Waals surface area contributed by atoms with Crippen molar-refractivity contribution in [2.45, 2.75) is 32.1 Å². The van der Waals surface area contributed by atoms with Crippen LogP contribution >= 0.6 is 11.3 Å². The van der Waals surface area contributed by atoms with Gasteiger partial charge in [-0.15, -0.1) is 11.3 Å². The SMILES string of the molecule is N#Cc1c(NC(=O)COC(=O)c2ccc[nH]c2=O)sc2c1CCCCC2. The van der Waals surface area contributed by atoms with Gasteiger partial charge in [0.2, 0.25) is 0 Å². The molecule has 1 aliphatic rings. The number of H-pyrrole nitrogens is 1. The molecule has 2 aromatic rings. The molecule has 8 heteroatoms. The summed E-state index contributed by atoms with van der Waals surface area (Å²) in [5.74, 6) is -1.41. The summed E-state index contributed by atoms with van der Waals surface area (Å²) in [5.41, 5.74) is 0.789. The largest absolute Gasteiger partial charge is 0.452 e. The summed E-state index contributed by atoms with van der Waals surface area (Å²) in [5, 5.41) is 12.6. The number of carbonyl (C=O) groups excluding carboxylic acids is 2. The van der Waals surface area contributed by atoms with E-state index in [0.29, 0.717) is 10.6 Å². The van der Waals surface area contributed by atoms with Gasteiger partial charge in [-0.3, -0.25) is 9.59 Å². The molecule has 2 heterocycles. The molecule has 0 bridgehead atoms. The molecule has 1 amide bonds. The number of fused-ring (bicyclic) bond motifs is 1. The molecule has 26 heavy (non-hydrogen) atoms. The van der Waals surface area contributed by atoms with Crippen molar-refractivity contribution < 1.29 is 14.3 Å². The van der Waals surface area contributed by atoms with Crippen molar-refractivity contribution in [3.05, 3.63) is 50.3 Å². The molecule has 0 unspecified atom stereocenters. The fourth-order valence-corrected chi connectivity index (χ4v) is 4.16. The third kappa shape index (κ3) is 3.83. The summed E-state index contributed by atoms with van der Waals surface area (Å²) in [6.07, 6.45) is 6.41. The summed E-state index contributed by atoms with van der Waals surface area (Å²) < 4.78 is 4.89. The molecule has 0 aliphatic heterocycles. The maximum absolute atomic E-state index is 12.1. The number of nitriles is 1. The smallest absolute Gasteiger partial charge is 0.344 e. The highest BCUT2D eigenvalue weighted by atomic mass is 32.1. The first-order valence-corrected chi connectivity index (χ1v) is 9.11. The normalized spacial score (nSPS) is 13.2. The molecule has 134 valence electrons. The van der Waals surface area contributed by atoms with E-state index in [1.54, 1.807) is 0 Å². The molecule has 2 aromatic heterocycles. The second-order valence-electron chi connectivity index (χ2n) is 5.92. The minimum atomic E-state index is -0.871. The topological polar surface area (TPSA) is 112 Å². The maximum atomic E-state index is 12.1. The van der Waals surface area contributed by atoms with Gasteiger partial charge in [0.05, 0.1) is 5.56 Å². The van der Waals surface area contributed by atoms with E-state index < -0.39 is 24.0 Å². The number of aromatic nitrogens is 1. The molecule has 0 saturated carbocycles. The van der Waals surface area contributed by atoms with Crippen LogP contribution in [0.2, 0.25) is 0 Å². The average molecular weight is 371 g/mol. The predicted molar refractivity (Wildman–Crippen MR) is 96.3 cm³/mol. The summed E-state index contributed by atoms with van der Waals surface area (Å²) in [6.45, 7) is -0.527. The number of esters is 1. The van der Waals surface area contributed by atoms with E-state index >= 15 is 0 Å². The van der Waals surface area contributed by atoms with Gasteiger partial charge < -0.3 is 15.0 Å². The first-order valence-electron chi connectivity index (χ1n) is 8.29. The molecule has 3 rings (SSSR count). The van der Waals surface area contributed by atoms with E-state index in [1.807, 2.05) is 0 Å². The zero-order chi connectivity index (χ0) is 18.5. The van der Waals surface area contributed by atoms with Crippen LogP contribution in [-0.4, -0.2) is 23.5 Å². The number of ether oxygens (including phenoxy) is 1. The molecule has 0 atom stereocenters. The Morgan fingerprint density at radius 3 is 2.88 bits per heavy atom. The maximum Gasteiger partial charge on any atom is 0.344 e.